The number of hydrogen-bond donors (Lipinski definition) is 0. The molecule has 2 fully saturated rings. The summed E-state index contributed by atoms with van der Waals surface area (Å²) < 4.78 is 31.2. The fraction of sp³-hybridized carbons (Fsp3) is 0.423. The minimum absolute atomic E-state index is 0.189. The van der Waals surface area contributed by atoms with Crippen molar-refractivity contribution in [3.8, 4) is 12.1 Å². The number of likely N-dealkylation sites (tertiary alicyclic amines) is 1. The zero-order chi connectivity index (χ0) is 24.5. The molecule has 0 aliphatic carbocycles. The van der Waals surface area contributed by atoms with Gasteiger partial charge in [0.2, 0.25) is 0 Å². The highest BCUT2D eigenvalue weighted by Crippen LogP contribution is 2.50. The molecule has 4 rings (SSSR count). The van der Waals surface area contributed by atoms with Gasteiger partial charge >= 0.3 is 5.97 Å². The van der Waals surface area contributed by atoms with Crippen LogP contribution >= 0.6 is 0 Å². The average molecular weight is 464 g/mol. The number of nitriles is 2. The minimum Gasteiger partial charge on any atom is -0.468 e. The number of carbonyl (C=O) groups excluding carboxylic acids is 1. The van der Waals surface area contributed by atoms with E-state index in [0.717, 1.165) is 5.56 Å². The molecule has 2 aromatic carbocycles. The second kappa shape index (κ2) is 9.52. The average Bonchev–Trinajstić information content (AvgIpc) is 3.18. The Hall–Kier alpha value is -3.30. The van der Waals surface area contributed by atoms with Crippen molar-refractivity contribution >= 4 is 5.97 Å². The van der Waals surface area contributed by atoms with Crippen molar-refractivity contribution in [3.63, 3.8) is 0 Å². The molecule has 0 aromatic heterocycles. The van der Waals surface area contributed by atoms with Crippen molar-refractivity contribution in [1.29, 1.82) is 10.5 Å². The van der Waals surface area contributed by atoms with Crippen LogP contribution in [0.15, 0.2) is 54.6 Å². The highest BCUT2D eigenvalue weighted by atomic mass is 19.1. The first-order valence-corrected chi connectivity index (χ1v) is 11.1. The van der Waals surface area contributed by atoms with Crippen LogP contribution in [0.1, 0.15) is 37.1 Å². The van der Waals surface area contributed by atoms with E-state index in [9.17, 15) is 19.7 Å². The van der Waals surface area contributed by atoms with Crippen LogP contribution in [0.2, 0.25) is 0 Å². The van der Waals surface area contributed by atoms with Gasteiger partial charge in [0.1, 0.15) is 18.0 Å². The van der Waals surface area contributed by atoms with Crippen LogP contribution in [0, 0.1) is 40.3 Å². The van der Waals surface area contributed by atoms with Gasteiger partial charge in [-0.25, -0.2) is 4.39 Å². The van der Waals surface area contributed by atoms with Crippen LogP contribution in [0.25, 0.3) is 0 Å². The molecule has 8 heteroatoms. The Morgan fingerprint density at radius 3 is 2.29 bits per heavy atom. The number of ether oxygens (including phenoxy) is 3. The lowest BCUT2D eigenvalue weighted by Gasteiger charge is -2.47. The van der Waals surface area contributed by atoms with E-state index in [4.69, 9.17) is 14.2 Å². The van der Waals surface area contributed by atoms with E-state index in [1.54, 1.807) is 12.1 Å². The second-order valence-corrected chi connectivity index (χ2v) is 8.95. The van der Waals surface area contributed by atoms with Gasteiger partial charge in [-0.3, -0.25) is 9.69 Å². The third-order valence-electron chi connectivity index (χ3n) is 6.53. The van der Waals surface area contributed by atoms with E-state index >= 15 is 0 Å². The Balaban J connectivity index is 1.88. The second-order valence-electron chi connectivity index (χ2n) is 8.95. The van der Waals surface area contributed by atoms with Gasteiger partial charge in [-0.1, -0.05) is 42.5 Å². The molecule has 2 aromatic rings. The molecule has 2 aliphatic rings. The maximum Gasteiger partial charge on any atom is 0.324 e. The maximum absolute atomic E-state index is 13.7. The Morgan fingerprint density at radius 1 is 1.06 bits per heavy atom. The van der Waals surface area contributed by atoms with Crippen LogP contribution < -0.4 is 0 Å². The number of benzene rings is 2. The van der Waals surface area contributed by atoms with Crippen LogP contribution in [0.4, 0.5) is 4.39 Å². The molecule has 7 nitrogen and oxygen atoms in total. The Morgan fingerprint density at radius 2 is 1.71 bits per heavy atom. The Bertz CT molecular complexity index is 1110. The van der Waals surface area contributed by atoms with Crippen molar-refractivity contribution in [3.05, 3.63) is 71.5 Å². The largest absolute Gasteiger partial charge is 0.468 e. The third kappa shape index (κ3) is 4.28. The van der Waals surface area contributed by atoms with E-state index < -0.39 is 53.6 Å². The summed E-state index contributed by atoms with van der Waals surface area (Å²) in [7, 11) is 1.26. The van der Waals surface area contributed by atoms with Gasteiger partial charge in [-0.15, -0.1) is 0 Å². The number of halogens is 1. The number of rotatable bonds is 4. The fourth-order valence-electron chi connectivity index (χ4n) is 5.05. The Kier molecular flexibility index (Phi) is 6.67. The molecular weight excluding hydrogens is 437 g/mol. The first-order valence-electron chi connectivity index (χ1n) is 11.1. The molecule has 0 amide bonds. The smallest absolute Gasteiger partial charge is 0.324 e. The molecule has 6 atom stereocenters. The lowest BCUT2D eigenvalue weighted by Crippen LogP contribution is -2.56. The monoisotopic (exact) mass is 463 g/mol. The first kappa shape index (κ1) is 23.8. The summed E-state index contributed by atoms with van der Waals surface area (Å²) in [4.78, 5) is 14.8. The van der Waals surface area contributed by atoms with Gasteiger partial charge < -0.3 is 14.2 Å². The van der Waals surface area contributed by atoms with E-state index in [0.29, 0.717) is 5.56 Å². The molecular formula is C26H26FN3O4. The molecule has 2 saturated heterocycles. The van der Waals surface area contributed by atoms with Gasteiger partial charge in [0.25, 0.3) is 0 Å². The zero-order valence-electron chi connectivity index (χ0n) is 19.2. The van der Waals surface area contributed by atoms with Crippen molar-refractivity contribution in [2.24, 2.45) is 11.8 Å². The van der Waals surface area contributed by atoms with E-state index in [1.165, 1.54) is 19.2 Å². The third-order valence-corrected chi connectivity index (χ3v) is 6.53. The normalized spacial score (nSPS) is 30.8. The number of nitrogens with zero attached hydrogens (tertiary/aromatic N) is 3. The van der Waals surface area contributed by atoms with Crippen LogP contribution in [-0.4, -0.2) is 42.5 Å². The topological polar surface area (TPSA) is 95.6 Å². The molecule has 0 unspecified atom stereocenters. The summed E-state index contributed by atoms with van der Waals surface area (Å²) in [5.41, 5.74) is 1.50. The van der Waals surface area contributed by atoms with Crippen molar-refractivity contribution in [1.82, 2.24) is 4.90 Å². The molecule has 2 aliphatic heterocycles. The fourth-order valence-corrected chi connectivity index (χ4v) is 5.05. The summed E-state index contributed by atoms with van der Waals surface area (Å²) in [6, 6.07) is 17.5. The molecule has 0 saturated carbocycles. The van der Waals surface area contributed by atoms with Crippen LogP contribution in [-0.2, 0) is 19.0 Å². The maximum atomic E-state index is 13.7. The van der Waals surface area contributed by atoms with Crippen molar-refractivity contribution < 1.29 is 23.4 Å². The Labute approximate surface area is 198 Å². The van der Waals surface area contributed by atoms with Gasteiger partial charge in [-0.05, 0) is 37.1 Å². The molecule has 0 N–H and O–H groups in total. The molecule has 0 radical (unpaired) electrons. The minimum atomic E-state index is -1.03. The summed E-state index contributed by atoms with van der Waals surface area (Å²) in [6.07, 6.45) is -0.517. The first-order chi connectivity index (χ1) is 16.3. The lowest BCUT2D eigenvalue weighted by molar-refractivity contribution is -0.300. The van der Waals surface area contributed by atoms with E-state index in [1.807, 2.05) is 49.1 Å². The number of carbonyl (C=O) groups is 1. The summed E-state index contributed by atoms with van der Waals surface area (Å²) in [5, 5.41) is 20.1. The molecule has 0 bridgehead atoms. The van der Waals surface area contributed by atoms with Gasteiger partial charge in [-0.2, -0.15) is 10.5 Å². The SMILES string of the molecule is COC(=O)[C@@H]1[C@H](C#N)[C@@H](C#N)[C@@H](c2ccc(F)cc2)N1[C@H]1COC(C)(C)O[C@H]1c1ccccc1. The van der Waals surface area contributed by atoms with Crippen LogP contribution in [0.3, 0.4) is 0 Å². The lowest BCUT2D eigenvalue weighted by atomic mass is 9.86. The molecule has 176 valence electrons. The molecule has 34 heavy (non-hydrogen) atoms. The van der Waals surface area contributed by atoms with Gasteiger partial charge in [0.05, 0.1) is 49.8 Å². The van der Waals surface area contributed by atoms with Gasteiger partial charge in [0, 0.05) is 0 Å². The van der Waals surface area contributed by atoms with Crippen molar-refractivity contribution in [2.75, 3.05) is 13.7 Å². The predicted molar refractivity (Wildman–Crippen MR) is 119 cm³/mol. The van der Waals surface area contributed by atoms with Crippen molar-refractivity contribution in [2.45, 2.75) is 43.9 Å². The zero-order valence-corrected chi connectivity index (χ0v) is 19.2. The quantitative estimate of drug-likeness (QED) is 0.635. The molecule has 0 spiro atoms. The standard InChI is InChI=1S/C26H26FN3O4/c1-26(2)33-15-21(24(34-26)17-7-5-4-6-8-17)30-22(16-9-11-18(27)12-10-16)19(13-28)20(14-29)23(30)25(31)32-3/h4-12,19-24H,15H2,1-3H3/t19-,20-,21+,22-,23+,24+/m1/s1. The van der Waals surface area contributed by atoms with Crippen LogP contribution in [0.5, 0.6) is 0 Å². The highest BCUT2D eigenvalue weighted by molar-refractivity contribution is 5.77. The highest BCUT2D eigenvalue weighted by Gasteiger charge is 2.58. The summed E-state index contributed by atoms with van der Waals surface area (Å²) >= 11 is 0. The molecule has 2 heterocycles. The number of hydrogen-bond acceptors (Lipinski definition) is 7. The van der Waals surface area contributed by atoms with E-state index in [2.05, 4.69) is 12.1 Å². The summed E-state index contributed by atoms with van der Waals surface area (Å²) in [6.45, 7) is 3.82. The number of esters is 1. The van der Waals surface area contributed by atoms with Gasteiger partial charge in [0.15, 0.2) is 5.79 Å². The summed E-state index contributed by atoms with van der Waals surface area (Å²) in [5.74, 6) is -3.74. The predicted octanol–water partition coefficient (Wildman–Crippen LogP) is 3.90. The van der Waals surface area contributed by atoms with E-state index in [-0.39, 0.29) is 6.61 Å². The number of methoxy groups -OCH3 is 1.